The Hall–Kier alpha value is -4.33. The lowest BCUT2D eigenvalue weighted by molar-refractivity contribution is -0.384. The zero-order valence-corrected chi connectivity index (χ0v) is 15.5. The molecule has 8 nitrogen and oxygen atoms in total. The molecule has 8 heteroatoms. The smallest absolute Gasteiger partial charge is 0.300 e. The number of carbonyl (C=O) groups is 2. The summed E-state index contributed by atoms with van der Waals surface area (Å²) in [6, 6.07) is 16.3. The van der Waals surface area contributed by atoms with Crippen LogP contribution in [0.15, 0.2) is 84.7 Å². The fraction of sp³-hybridized carbons (Fsp3) is 0.0455. The Balaban J connectivity index is 1.90. The number of non-ortho nitro benzene ring substituents is 1. The highest BCUT2D eigenvalue weighted by atomic mass is 16.6. The van der Waals surface area contributed by atoms with E-state index < -0.39 is 28.4 Å². The maximum absolute atomic E-state index is 12.9. The molecule has 4 rings (SSSR count). The van der Waals surface area contributed by atoms with Crippen LogP contribution in [-0.4, -0.2) is 26.7 Å². The van der Waals surface area contributed by atoms with Gasteiger partial charge in [0, 0.05) is 35.8 Å². The molecule has 0 bridgehead atoms. The van der Waals surface area contributed by atoms with Crippen LogP contribution in [-0.2, 0) is 9.59 Å². The van der Waals surface area contributed by atoms with Crippen LogP contribution >= 0.6 is 0 Å². The molecule has 0 spiro atoms. The number of ketones is 1. The van der Waals surface area contributed by atoms with Crippen LogP contribution in [0.5, 0.6) is 0 Å². The number of para-hydroxylation sites is 1. The number of nitro groups is 1. The highest BCUT2D eigenvalue weighted by molar-refractivity contribution is 6.51. The molecule has 1 saturated heterocycles. The molecule has 1 aromatic heterocycles. The number of hydrogen-bond donors (Lipinski definition) is 1. The largest absolute Gasteiger partial charge is 0.507 e. The Morgan fingerprint density at radius 3 is 2.30 bits per heavy atom. The van der Waals surface area contributed by atoms with Crippen molar-refractivity contribution in [3.05, 3.63) is 106 Å². The number of aliphatic hydroxyl groups excluding tert-OH is 1. The van der Waals surface area contributed by atoms with Crippen LogP contribution in [0, 0.1) is 10.1 Å². The van der Waals surface area contributed by atoms with Crippen molar-refractivity contribution in [1.82, 2.24) is 4.98 Å². The molecule has 3 aromatic rings. The highest BCUT2D eigenvalue weighted by Gasteiger charge is 2.47. The number of nitro benzene ring substituents is 1. The first-order valence-corrected chi connectivity index (χ1v) is 9.00. The fourth-order valence-electron chi connectivity index (χ4n) is 3.44. The Labute approximate surface area is 170 Å². The molecule has 0 radical (unpaired) electrons. The van der Waals surface area contributed by atoms with Gasteiger partial charge in [0.1, 0.15) is 5.76 Å². The van der Waals surface area contributed by atoms with Gasteiger partial charge < -0.3 is 5.11 Å². The number of carbonyl (C=O) groups excluding carboxylic acids is 2. The third-order valence-corrected chi connectivity index (χ3v) is 4.83. The first-order chi connectivity index (χ1) is 14.5. The van der Waals surface area contributed by atoms with E-state index in [1.54, 1.807) is 48.7 Å². The van der Waals surface area contributed by atoms with Gasteiger partial charge in [-0.05, 0) is 35.9 Å². The minimum absolute atomic E-state index is 0.106. The van der Waals surface area contributed by atoms with E-state index in [4.69, 9.17) is 0 Å². The Morgan fingerprint density at radius 2 is 1.70 bits per heavy atom. The molecule has 0 saturated carbocycles. The van der Waals surface area contributed by atoms with E-state index in [1.807, 2.05) is 0 Å². The molecule has 2 heterocycles. The fourth-order valence-corrected chi connectivity index (χ4v) is 3.44. The van der Waals surface area contributed by atoms with E-state index in [-0.39, 0.29) is 16.8 Å². The average Bonchev–Trinajstić information content (AvgIpc) is 3.05. The summed E-state index contributed by atoms with van der Waals surface area (Å²) in [7, 11) is 0. The van der Waals surface area contributed by atoms with Crippen molar-refractivity contribution in [3.63, 3.8) is 0 Å². The molecular formula is C22H15N3O5. The summed E-state index contributed by atoms with van der Waals surface area (Å²) in [6.45, 7) is 0. The summed E-state index contributed by atoms with van der Waals surface area (Å²) in [5.74, 6) is -2.03. The van der Waals surface area contributed by atoms with Gasteiger partial charge in [0.05, 0.1) is 16.5 Å². The Kier molecular flexibility index (Phi) is 4.81. The van der Waals surface area contributed by atoms with Gasteiger partial charge in [-0.2, -0.15) is 0 Å². The maximum atomic E-state index is 12.9. The summed E-state index contributed by atoms with van der Waals surface area (Å²) in [4.78, 5) is 41.5. The molecule has 30 heavy (non-hydrogen) atoms. The molecule has 0 aliphatic carbocycles. The van der Waals surface area contributed by atoms with Crippen LogP contribution < -0.4 is 4.90 Å². The van der Waals surface area contributed by atoms with Crippen molar-refractivity contribution in [2.75, 3.05) is 4.90 Å². The number of aliphatic hydroxyl groups is 1. The predicted molar refractivity (Wildman–Crippen MR) is 109 cm³/mol. The SMILES string of the molecule is O=C1C(=O)N(c2ccccc2)C(c2cccnc2)/C1=C(/O)c1ccc([N+](=O)[O-])cc1. The van der Waals surface area contributed by atoms with E-state index in [0.29, 0.717) is 11.3 Å². The summed E-state index contributed by atoms with van der Waals surface area (Å²) < 4.78 is 0. The van der Waals surface area contributed by atoms with Crippen molar-refractivity contribution in [3.8, 4) is 0 Å². The third kappa shape index (κ3) is 3.20. The molecule has 1 fully saturated rings. The summed E-state index contributed by atoms with van der Waals surface area (Å²) in [6.07, 6.45) is 3.09. The highest BCUT2D eigenvalue weighted by Crippen LogP contribution is 2.41. The van der Waals surface area contributed by atoms with Crippen LogP contribution in [0.3, 0.4) is 0 Å². The second kappa shape index (κ2) is 7.59. The topological polar surface area (TPSA) is 114 Å². The lowest BCUT2D eigenvalue weighted by atomic mass is 9.96. The first kappa shape index (κ1) is 19.0. The standard InChI is InChI=1S/C22H15N3O5/c26-20(14-8-10-17(11-9-14)25(29)30)18-19(15-5-4-12-23-13-15)24(22(28)21(18)27)16-6-2-1-3-7-16/h1-13,19,26H/b20-18-. The molecule has 1 atom stereocenters. The molecular weight excluding hydrogens is 386 g/mol. The summed E-state index contributed by atoms with van der Waals surface area (Å²) in [5.41, 5.74) is 0.978. The first-order valence-electron chi connectivity index (χ1n) is 9.00. The van der Waals surface area contributed by atoms with Gasteiger partial charge >= 0.3 is 0 Å². The van der Waals surface area contributed by atoms with Crippen LogP contribution in [0.25, 0.3) is 5.76 Å². The molecule has 2 aromatic carbocycles. The number of rotatable bonds is 4. The number of anilines is 1. The van der Waals surface area contributed by atoms with E-state index >= 15 is 0 Å². The van der Waals surface area contributed by atoms with E-state index in [9.17, 15) is 24.8 Å². The quantitative estimate of drug-likeness (QED) is 0.235. The van der Waals surface area contributed by atoms with Gasteiger partial charge in [0.15, 0.2) is 0 Å². The van der Waals surface area contributed by atoms with Gasteiger partial charge in [0.2, 0.25) is 0 Å². The number of hydrogen-bond acceptors (Lipinski definition) is 6. The molecule has 148 valence electrons. The van der Waals surface area contributed by atoms with E-state index in [0.717, 1.165) is 0 Å². The third-order valence-electron chi connectivity index (χ3n) is 4.83. The predicted octanol–water partition coefficient (Wildman–Crippen LogP) is 3.62. The minimum Gasteiger partial charge on any atom is -0.507 e. The Bertz CT molecular complexity index is 1160. The van der Waals surface area contributed by atoms with Crippen molar-refractivity contribution < 1.29 is 19.6 Å². The van der Waals surface area contributed by atoms with Crippen molar-refractivity contribution >= 4 is 28.8 Å². The zero-order chi connectivity index (χ0) is 21.3. The number of pyridine rings is 1. The monoisotopic (exact) mass is 401 g/mol. The minimum atomic E-state index is -0.892. The van der Waals surface area contributed by atoms with Crippen LogP contribution in [0.4, 0.5) is 11.4 Å². The molecule has 1 N–H and O–H groups in total. The number of aromatic nitrogens is 1. The van der Waals surface area contributed by atoms with Gasteiger partial charge in [-0.25, -0.2) is 0 Å². The molecule has 1 aliphatic rings. The number of nitrogens with zero attached hydrogens (tertiary/aromatic N) is 3. The second-order valence-corrected chi connectivity index (χ2v) is 6.59. The molecule has 1 amide bonds. The van der Waals surface area contributed by atoms with Crippen LogP contribution in [0.2, 0.25) is 0 Å². The lowest BCUT2D eigenvalue weighted by Gasteiger charge is -2.25. The van der Waals surface area contributed by atoms with Crippen molar-refractivity contribution in [1.29, 1.82) is 0 Å². The van der Waals surface area contributed by atoms with Gasteiger partial charge in [-0.1, -0.05) is 24.3 Å². The zero-order valence-electron chi connectivity index (χ0n) is 15.5. The average molecular weight is 401 g/mol. The van der Waals surface area contributed by atoms with Crippen molar-refractivity contribution in [2.24, 2.45) is 0 Å². The van der Waals surface area contributed by atoms with E-state index in [1.165, 1.54) is 35.4 Å². The van der Waals surface area contributed by atoms with Gasteiger partial charge in [-0.15, -0.1) is 0 Å². The number of amides is 1. The number of Topliss-reactive ketones (excluding diaryl/α,β-unsaturated/α-hetero) is 1. The lowest BCUT2D eigenvalue weighted by Crippen LogP contribution is -2.29. The Morgan fingerprint density at radius 1 is 1.00 bits per heavy atom. The number of benzene rings is 2. The normalized spacial score (nSPS) is 17.9. The van der Waals surface area contributed by atoms with Gasteiger partial charge in [-0.3, -0.25) is 29.6 Å². The van der Waals surface area contributed by atoms with E-state index in [2.05, 4.69) is 4.98 Å². The van der Waals surface area contributed by atoms with Crippen molar-refractivity contribution in [2.45, 2.75) is 6.04 Å². The summed E-state index contributed by atoms with van der Waals surface area (Å²) >= 11 is 0. The summed E-state index contributed by atoms with van der Waals surface area (Å²) in [5, 5.41) is 21.8. The molecule has 1 unspecified atom stereocenters. The maximum Gasteiger partial charge on any atom is 0.300 e. The van der Waals surface area contributed by atoms with Gasteiger partial charge in [0.25, 0.3) is 17.4 Å². The van der Waals surface area contributed by atoms with Crippen LogP contribution in [0.1, 0.15) is 17.2 Å². The second-order valence-electron chi connectivity index (χ2n) is 6.59. The molecule has 1 aliphatic heterocycles.